The van der Waals surface area contributed by atoms with Crippen LogP contribution in [-0.4, -0.2) is 25.0 Å². The zero-order chi connectivity index (χ0) is 19.1. The molecule has 0 atom stereocenters. The molecule has 0 aliphatic heterocycles. The third-order valence-electron chi connectivity index (χ3n) is 4.05. The lowest BCUT2D eigenvalue weighted by atomic mass is 10.2. The topological polar surface area (TPSA) is 98.9 Å². The zero-order valence-electron chi connectivity index (χ0n) is 14.3. The molecule has 27 heavy (non-hydrogen) atoms. The fraction of sp³-hybridized carbons (Fsp3) is 0.118. The van der Waals surface area contributed by atoms with Crippen molar-refractivity contribution >= 4 is 44.7 Å². The number of nitrogens with zero attached hydrogens (tertiary/aromatic N) is 4. The van der Waals surface area contributed by atoms with E-state index in [1.165, 1.54) is 42.3 Å². The summed E-state index contributed by atoms with van der Waals surface area (Å²) in [7, 11) is 2.91. The fourth-order valence-electron chi connectivity index (χ4n) is 2.63. The highest BCUT2D eigenvalue weighted by Gasteiger charge is 2.15. The van der Waals surface area contributed by atoms with E-state index in [9.17, 15) is 14.4 Å². The number of anilines is 1. The van der Waals surface area contributed by atoms with Crippen LogP contribution in [0, 0.1) is 0 Å². The van der Waals surface area contributed by atoms with E-state index in [1.54, 1.807) is 11.3 Å². The number of aromatic nitrogens is 4. The van der Waals surface area contributed by atoms with Crippen molar-refractivity contribution < 1.29 is 4.79 Å². The molecule has 0 unspecified atom stereocenters. The summed E-state index contributed by atoms with van der Waals surface area (Å²) in [5.41, 5.74) is 0.274. The molecule has 8 nitrogen and oxygen atoms in total. The van der Waals surface area contributed by atoms with Crippen molar-refractivity contribution in [3.8, 4) is 10.6 Å². The highest BCUT2D eigenvalue weighted by molar-refractivity contribution is 7.16. The molecule has 0 aliphatic carbocycles. The van der Waals surface area contributed by atoms with Crippen LogP contribution in [0.1, 0.15) is 10.4 Å². The van der Waals surface area contributed by atoms with Gasteiger partial charge < -0.3 is 0 Å². The normalized spacial score (nSPS) is 11.0. The Hall–Kier alpha value is -3.11. The van der Waals surface area contributed by atoms with E-state index in [1.807, 2.05) is 22.9 Å². The highest BCUT2D eigenvalue weighted by Crippen LogP contribution is 2.28. The summed E-state index contributed by atoms with van der Waals surface area (Å²) in [5, 5.41) is 7.20. The summed E-state index contributed by atoms with van der Waals surface area (Å²) in [5.74, 6) is -0.424. The van der Waals surface area contributed by atoms with Crippen LogP contribution in [0.3, 0.4) is 0 Å². The number of nitrogens with one attached hydrogen (secondary N) is 1. The van der Waals surface area contributed by atoms with Gasteiger partial charge in [-0.25, -0.2) is 14.8 Å². The zero-order valence-corrected chi connectivity index (χ0v) is 15.9. The smallest absolute Gasteiger partial charge is 0.298 e. The quantitative estimate of drug-likeness (QED) is 0.569. The minimum absolute atomic E-state index is 0.200. The van der Waals surface area contributed by atoms with Crippen molar-refractivity contribution in [2.45, 2.75) is 0 Å². The Morgan fingerprint density at radius 3 is 2.74 bits per heavy atom. The van der Waals surface area contributed by atoms with E-state index in [0.717, 1.165) is 15.1 Å². The van der Waals surface area contributed by atoms with Crippen molar-refractivity contribution in [2.75, 3.05) is 5.32 Å². The Labute approximate surface area is 160 Å². The van der Waals surface area contributed by atoms with Gasteiger partial charge in [0.1, 0.15) is 5.65 Å². The van der Waals surface area contributed by atoms with Gasteiger partial charge in [-0.05, 0) is 17.5 Å². The molecule has 0 radical (unpaired) electrons. The Bertz CT molecular complexity index is 1280. The van der Waals surface area contributed by atoms with Crippen LogP contribution in [-0.2, 0) is 14.1 Å². The molecule has 0 bridgehead atoms. The van der Waals surface area contributed by atoms with Gasteiger partial charge in [-0.1, -0.05) is 6.07 Å². The lowest BCUT2D eigenvalue weighted by Crippen LogP contribution is -2.37. The number of fused-ring (bicyclic) bond motifs is 1. The summed E-state index contributed by atoms with van der Waals surface area (Å²) in [6, 6.07) is 5.33. The third-order valence-corrected chi connectivity index (χ3v) is 5.70. The van der Waals surface area contributed by atoms with Crippen molar-refractivity contribution in [3.05, 3.63) is 61.6 Å². The Morgan fingerprint density at radius 2 is 2.00 bits per heavy atom. The number of carbonyl (C=O) groups excluding carboxylic acids is 1. The summed E-state index contributed by atoms with van der Waals surface area (Å²) in [6.45, 7) is 0. The SMILES string of the molecule is Cn1c(=O)c2cc(C(=O)Nc3nc(-c4cccs4)cs3)cnc2n(C)c1=O. The second kappa shape index (κ2) is 6.56. The van der Waals surface area contributed by atoms with Crippen molar-refractivity contribution in [1.29, 1.82) is 0 Å². The number of aryl methyl sites for hydroxylation is 1. The molecule has 0 saturated heterocycles. The van der Waals surface area contributed by atoms with Crippen LogP contribution < -0.4 is 16.6 Å². The molecular formula is C17H13N5O3S2. The van der Waals surface area contributed by atoms with E-state index in [4.69, 9.17) is 0 Å². The molecular weight excluding hydrogens is 386 g/mol. The molecule has 136 valence electrons. The summed E-state index contributed by atoms with van der Waals surface area (Å²) < 4.78 is 2.26. The Kier molecular flexibility index (Phi) is 4.21. The number of thiophene rings is 1. The minimum atomic E-state index is -0.496. The van der Waals surface area contributed by atoms with Crippen molar-refractivity contribution in [3.63, 3.8) is 0 Å². The molecule has 0 saturated carbocycles. The molecule has 4 heterocycles. The summed E-state index contributed by atoms with van der Waals surface area (Å²) >= 11 is 2.88. The molecule has 4 aromatic heterocycles. The van der Waals surface area contributed by atoms with Gasteiger partial charge in [0.2, 0.25) is 0 Å². The lowest BCUT2D eigenvalue weighted by Gasteiger charge is -2.07. The van der Waals surface area contributed by atoms with Crippen LogP contribution in [0.5, 0.6) is 0 Å². The van der Waals surface area contributed by atoms with Crippen LogP contribution in [0.25, 0.3) is 21.6 Å². The van der Waals surface area contributed by atoms with Crippen molar-refractivity contribution in [1.82, 2.24) is 19.1 Å². The number of thiazole rings is 1. The van der Waals surface area contributed by atoms with Gasteiger partial charge in [-0.15, -0.1) is 22.7 Å². The van der Waals surface area contributed by atoms with Gasteiger partial charge in [-0.2, -0.15) is 0 Å². The number of pyridine rings is 1. The molecule has 0 aromatic carbocycles. The Balaban J connectivity index is 1.67. The van der Waals surface area contributed by atoms with Crippen LogP contribution in [0.4, 0.5) is 5.13 Å². The first kappa shape index (κ1) is 17.3. The monoisotopic (exact) mass is 399 g/mol. The molecule has 1 N–H and O–H groups in total. The summed E-state index contributed by atoms with van der Waals surface area (Å²) in [6.07, 6.45) is 1.34. The van der Waals surface area contributed by atoms with Crippen LogP contribution >= 0.6 is 22.7 Å². The number of rotatable bonds is 3. The van der Waals surface area contributed by atoms with E-state index >= 15 is 0 Å². The van der Waals surface area contributed by atoms with Crippen molar-refractivity contribution in [2.24, 2.45) is 14.1 Å². The number of hydrogen-bond donors (Lipinski definition) is 1. The van der Waals surface area contributed by atoms with Gasteiger partial charge in [0.05, 0.1) is 21.5 Å². The maximum absolute atomic E-state index is 12.5. The first-order valence-corrected chi connectivity index (χ1v) is 9.58. The first-order chi connectivity index (χ1) is 13.0. The Morgan fingerprint density at radius 1 is 1.19 bits per heavy atom. The number of carbonyl (C=O) groups is 1. The van der Waals surface area contributed by atoms with Gasteiger partial charge in [-0.3, -0.25) is 24.0 Å². The number of amides is 1. The van der Waals surface area contributed by atoms with Gasteiger partial charge in [0.25, 0.3) is 11.5 Å². The van der Waals surface area contributed by atoms with Crippen LogP contribution in [0.15, 0.2) is 44.7 Å². The number of hydrogen-bond acceptors (Lipinski definition) is 7. The van der Waals surface area contributed by atoms with Gasteiger partial charge >= 0.3 is 5.69 Å². The maximum Gasteiger partial charge on any atom is 0.332 e. The van der Waals surface area contributed by atoms with Crippen LogP contribution in [0.2, 0.25) is 0 Å². The third kappa shape index (κ3) is 2.98. The van der Waals surface area contributed by atoms with E-state index in [-0.39, 0.29) is 16.6 Å². The summed E-state index contributed by atoms with van der Waals surface area (Å²) in [4.78, 5) is 46.4. The maximum atomic E-state index is 12.5. The van der Waals surface area contributed by atoms with E-state index < -0.39 is 17.2 Å². The molecule has 4 rings (SSSR count). The fourth-order valence-corrected chi connectivity index (χ4v) is 4.09. The minimum Gasteiger partial charge on any atom is -0.298 e. The average molecular weight is 399 g/mol. The first-order valence-electron chi connectivity index (χ1n) is 7.82. The molecule has 10 heteroatoms. The molecule has 1 amide bonds. The lowest BCUT2D eigenvalue weighted by molar-refractivity contribution is 0.102. The van der Waals surface area contributed by atoms with Gasteiger partial charge in [0, 0.05) is 25.7 Å². The second-order valence-corrected chi connectivity index (χ2v) is 7.58. The highest BCUT2D eigenvalue weighted by atomic mass is 32.1. The average Bonchev–Trinajstić information content (AvgIpc) is 3.35. The molecule has 4 aromatic rings. The molecule has 0 fully saturated rings. The van der Waals surface area contributed by atoms with Gasteiger partial charge in [0.15, 0.2) is 5.13 Å². The second-order valence-electron chi connectivity index (χ2n) is 5.77. The van der Waals surface area contributed by atoms with E-state index in [0.29, 0.717) is 5.13 Å². The predicted octanol–water partition coefficient (Wildman–Crippen LogP) is 2.07. The predicted molar refractivity (Wildman–Crippen MR) is 106 cm³/mol. The standard InChI is InChI=1S/C17H13N5O3S2/c1-21-13-10(15(24)22(2)17(21)25)6-9(7-18-13)14(23)20-16-19-11(8-27-16)12-4-3-5-26-12/h3-8H,1-2H3,(H,19,20,23). The molecule has 0 spiro atoms. The largest absolute Gasteiger partial charge is 0.332 e. The van der Waals surface area contributed by atoms with E-state index in [2.05, 4.69) is 15.3 Å². The molecule has 0 aliphatic rings.